The zero-order chi connectivity index (χ0) is 42.9. The van der Waals surface area contributed by atoms with Crippen LogP contribution in [0.4, 0.5) is 17.1 Å². The van der Waals surface area contributed by atoms with Crippen LogP contribution in [-0.4, -0.2) is 0 Å². The number of furan rings is 1. The molecule has 13 rings (SSSR count). The van der Waals surface area contributed by atoms with E-state index in [-0.39, 0.29) is 0 Å². The van der Waals surface area contributed by atoms with Gasteiger partial charge in [-0.2, -0.15) is 0 Å². The van der Waals surface area contributed by atoms with E-state index < -0.39 is 5.41 Å². The molecule has 2 nitrogen and oxygen atoms in total. The van der Waals surface area contributed by atoms with E-state index >= 15 is 0 Å². The van der Waals surface area contributed by atoms with Crippen LogP contribution in [0.2, 0.25) is 0 Å². The number of nitrogens with zero attached hydrogens (tertiary/aromatic N) is 1. The zero-order valence-corrected chi connectivity index (χ0v) is 35.5. The van der Waals surface area contributed by atoms with Gasteiger partial charge < -0.3 is 9.32 Å². The minimum absolute atomic E-state index is 0.500. The molecule has 65 heavy (non-hydrogen) atoms. The minimum atomic E-state index is -0.500. The highest BCUT2D eigenvalue weighted by Gasteiger charge is 2.46. The Balaban J connectivity index is 0.930. The van der Waals surface area contributed by atoms with Gasteiger partial charge in [0.15, 0.2) is 0 Å². The summed E-state index contributed by atoms with van der Waals surface area (Å²) < 4.78 is 6.41. The molecule has 0 radical (unpaired) electrons. The van der Waals surface area contributed by atoms with Crippen molar-refractivity contribution in [3.8, 4) is 33.4 Å². The normalized spacial score (nSPS) is 12.7. The SMILES string of the molecule is c1ccc(C2(c3ccccc3)c3ccccc3-c3ccc(N(c4ccc(-c5ccc(-c6cc7c8ccccc8oc7c7ccccc67)cc5)cc4)c4ccc5ccccc5c4)cc32)cc1. The van der Waals surface area contributed by atoms with Gasteiger partial charge in [-0.05, 0) is 120 Å². The second-order valence-corrected chi connectivity index (χ2v) is 17.2. The van der Waals surface area contributed by atoms with Crippen molar-refractivity contribution in [1.82, 2.24) is 0 Å². The first-order chi connectivity index (χ1) is 32.2. The van der Waals surface area contributed by atoms with Gasteiger partial charge in [0.05, 0.1) is 5.41 Å². The Morgan fingerprint density at radius 1 is 0.308 bits per heavy atom. The van der Waals surface area contributed by atoms with Crippen LogP contribution >= 0.6 is 0 Å². The highest BCUT2D eigenvalue weighted by Crippen LogP contribution is 2.57. The van der Waals surface area contributed by atoms with Gasteiger partial charge in [-0.15, -0.1) is 0 Å². The monoisotopic (exact) mass is 827 g/mol. The highest BCUT2D eigenvalue weighted by molar-refractivity contribution is 6.19. The maximum Gasteiger partial charge on any atom is 0.143 e. The van der Waals surface area contributed by atoms with Gasteiger partial charge in [0, 0.05) is 33.2 Å². The van der Waals surface area contributed by atoms with E-state index in [1.165, 1.54) is 66.2 Å². The molecule has 12 aromatic rings. The first-order valence-corrected chi connectivity index (χ1v) is 22.4. The molecule has 0 bridgehead atoms. The van der Waals surface area contributed by atoms with Gasteiger partial charge in [-0.3, -0.25) is 0 Å². The average Bonchev–Trinajstić information content (AvgIpc) is 3.91. The van der Waals surface area contributed by atoms with E-state index in [0.717, 1.165) is 50.0 Å². The summed E-state index contributed by atoms with van der Waals surface area (Å²) in [6.07, 6.45) is 0. The molecule has 1 heterocycles. The molecule has 2 heteroatoms. The van der Waals surface area contributed by atoms with Crippen LogP contribution in [-0.2, 0) is 5.41 Å². The lowest BCUT2D eigenvalue weighted by atomic mass is 9.67. The van der Waals surface area contributed by atoms with Gasteiger partial charge in [0.2, 0.25) is 0 Å². The van der Waals surface area contributed by atoms with E-state index in [1.54, 1.807) is 0 Å². The summed E-state index contributed by atoms with van der Waals surface area (Å²) in [5.74, 6) is 0. The summed E-state index contributed by atoms with van der Waals surface area (Å²) in [5, 5.41) is 7.02. The van der Waals surface area contributed by atoms with E-state index in [1.807, 2.05) is 6.07 Å². The third kappa shape index (κ3) is 5.81. The van der Waals surface area contributed by atoms with E-state index in [9.17, 15) is 0 Å². The summed E-state index contributed by atoms with van der Waals surface area (Å²) in [6.45, 7) is 0. The van der Waals surface area contributed by atoms with Crippen molar-refractivity contribution in [3.05, 3.63) is 271 Å². The number of hydrogen-bond donors (Lipinski definition) is 0. The van der Waals surface area contributed by atoms with Gasteiger partial charge in [-0.25, -0.2) is 0 Å². The largest absolute Gasteiger partial charge is 0.455 e. The molecule has 0 unspecified atom stereocenters. The molecule has 0 atom stereocenters. The summed E-state index contributed by atoms with van der Waals surface area (Å²) in [7, 11) is 0. The number of rotatable bonds is 7. The maximum atomic E-state index is 6.41. The van der Waals surface area contributed by atoms with Crippen LogP contribution in [0.1, 0.15) is 22.3 Å². The fourth-order valence-corrected chi connectivity index (χ4v) is 10.8. The number of hydrogen-bond acceptors (Lipinski definition) is 2. The fourth-order valence-electron chi connectivity index (χ4n) is 10.8. The molecule has 0 fully saturated rings. The Morgan fingerprint density at radius 3 is 1.60 bits per heavy atom. The lowest BCUT2D eigenvalue weighted by Gasteiger charge is -2.35. The van der Waals surface area contributed by atoms with Gasteiger partial charge in [-0.1, -0.05) is 200 Å². The van der Waals surface area contributed by atoms with Gasteiger partial charge >= 0.3 is 0 Å². The summed E-state index contributed by atoms with van der Waals surface area (Å²) in [6, 6.07) is 90.9. The first kappa shape index (κ1) is 37.1. The van der Waals surface area contributed by atoms with Crippen molar-refractivity contribution in [2.24, 2.45) is 0 Å². The quantitative estimate of drug-likeness (QED) is 0.159. The van der Waals surface area contributed by atoms with Gasteiger partial charge in [0.1, 0.15) is 11.2 Å². The molecule has 0 saturated carbocycles. The van der Waals surface area contributed by atoms with Crippen molar-refractivity contribution in [3.63, 3.8) is 0 Å². The van der Waals surface area contributed by atoms with Crippen LogP contribution in [0.3, 0.4) is 0 Å². The van der Waals surface area contributed by atoms with Crippen molar-refractivity contribution in [2.45, 2.75) is 5.41 Å². The molecule has 0 aliphatic heterocycles. The van der Waals surface area contributed by atoms with Crippen molar-refractivity contribution < 1.29 is 4.42 Å². The summed E-state index contributed by atoms with van der Waals surface area (Å²) in [4.78, 5) is 2.42. The first-order valence-electron chi connectivity index (χ1n) is 22.4. The predicted octanol–water partition coefficient (Wildman–Crippen LogP) is 17.1. The third-order valence-electron chi connectivity index (χ3n) is 13.7. The molecular weight excluding hydrogens is 787 g/mol. The number of anilines is 3. The minimum Gasteiger partial charge on any atom is -0.455 e. The molecule has 1 aliphatic carbocycles. The third-order valence-corrected chi connectivity index (χ3v) is 13.7. The van der Waals surface area contributed by atoms with Crippen molar-refractivity contribution in [1.29, 1.82) is 0 Å². The highest BCUT2D eigenvalue weighted by atomic mass is 16.3. The molecule has 0 N–H and O–H groups in total. The maximum absolute atomic E-state index is 6.41. The Labute approximate surface area is 377 Å². The molecule has 1 aromatic heterocycles. The van der Waals surface area contributed by atoms with Crippen LogP contribution in [0.5, 0.6) is 0 Å². The summed E-state index contributed by atoms with van der Waals surface area (Å²) in [5.41, 5.74) is 17.0. The van der Waals surface area contributed by atoms with E-state index in [4.69, 9.17) is 4.42 Å². The van der Waals surface area contributed by atoms with E-state index in [0.29, 0.717) is 0 Å². The Kier molecular flexibility index (Phi) is 8.47. The summed E-state index contributed by atoms with van der Waals surface area (Å²) >= 11 is 0. The van der Waals surface area contributed by atoms with Gasteiger partial charge in [0.25, 0.3) is 0 Å². The molecular formula is C63H41NO. The lowest BCUT2D eigenvalue weighted by molar-refractivity contribution is 0.672. The Morgan fingerprint density at radius 2 is 0.846 bits per heavy atom. The number of para-hydroxylation sites is 1. The Bertz CT molecular complexity index is 3710. The zero-order valence-electron chi connectivity index (χ0n) is 35.5. The molecule has 1 aliphatic rings. The van der Waals surface area contributed by atoms with Crippen LogP contribution < -0.4 is 4.90 Å². The van der Waals surface area contributed by atoms with Crippen LogP contribution in [0.15, 0.2) is 253 Å². The second-order valence-electron chi connectivity index (χ2n) is 17.2. The molecule has 11 aromatic carbocycles. The molecule has 304 valence electrons. The van der Waals surface area contributed by atoms with Crippen LogP contribution in [0, 0.1) is 0 Å². The lowest BCUT2D eigenvalue weighted by Crippen LogP contribution is -2.28. The molecule has 0 spiro atoms. The predicted molar refractivity (Wildman–Crippen MR) is 272 cm³/mol. The van der Waals surface area contributed by atoms with Crippen LogP contribution in [0.25, 0.3) is 76.9 Å². The second kappa shape index (κ2) is 14.8. The average molecular weight is 828 g/mol. The molecule has 0 amide bonds. The number of fused-ring (bicyclic) bond motifs is 9. The standard InChI is InChI=1S/C63H41NO/c1-3-17-47(18-4-1)63(48-19-5-2-6-20-48)59-25-13-11-22-53(59)54-38-37-51(40-60(54)63)64(50-36-33-42-15-7-8-16-46(42)39-50)49-34-31-44(32-35-49)43-27-29-45(30-28-43)57-41-58-55-23-12-14-26-61(55)65-62(58)56-24-10-9-21-52(56)57/h1-41H. The molecule has 0 saturated heterocycles. The van der Waals surface area contributed by atoms with Crippen molar-refractivity contribution in [2.75, 3.05) is 4.90 Å². The smallest absolute Gasteiger partial charge is 0.143 e. The Hall–Kier alpha value is -8.46. The number of benzene rings is 11. The van der Waals surface area contributed by atoms with E-state index in [2.05, 4.69) is 248 Å². The van der Waals surface area contributed by atoms with Crippen molar-refractivity contribution >= 4 is 60.5 Å². The fraction of sp³-hybridized carbons (Fsp3) is 0.0159. The topological polar surface area (TPSA) is 16.4 Å².